The number of nitrogens with one attached hydrogen (secondary N) is 1. The van der Waals surface area contributed by atoms with E-state index in [0.29, 0.717) is 0 Å². The summed E-state index contributed by atoms with van der Waals surface area (Å²) in [5.74, 6) is 0. The Hall–Kier alpha value is -0.730. The zero-order valence-corrected chi connectivity index (χ0v) is 14.7. The molecule has 0 aliphatic rings. The van der Waals surface area contributed by atoms with Crippen molar-refractivity contribution < 1.29 is 0 Å². The molecule has 0 heterocycles. The van der Waals surface area contributed by atoms with Gasteiger partial charge in [-0.2, -0.15) is 0 Å². The summed E-state index contributed by atoms with van der Waals surface area (Å²) in [7, 11) is 0. The number of para-hydroxylation sites is 1. The standard InChI is InChI=1S/C18H31ClN2/c1-4-7-13-21(14-8-5-2)18-16(15-20-12-6-3)10-9-11-17(18)19/h9-11,20H,4-8,12-15H2,1-3H3. The van der Waals surface area contributed by atoms with Gasteiger partial charge in [-0.3, -0.25) is 0 Å². The van der Waals surface area contributed by atoms with Crippen LogP contribution in [0, 0.1) is 0 Å². The number of rotatable bonds is 11. The van der Waals surface area contributed by atoms with Gasteiger partial charge in [0.15, 0.2) is 0 Å². The van der Waals surface area contributed by atoms with E-state index in [1.807, 2.05) is 6.07 Å². The lowest BCUT2D eigenvalue weighted by Crippen LogP contribution is -2.28. The van der Waals surface area contributed by atoms with Gasteiger partial charge in [0, 0.05) is 19.6 Å². The van der Waals surface area contributed by atoms with Gasteiger partial charge in [0.1, 0.15) is 0 Å². The molecule has 0 spiro atoms. The summed E-state index contributed by atoms with van der Waals surface area (Å²) in [5.41, 5.74) is 2.56. The van der Waals surface area contributed by atoms with E-state index in [2.05, 4.69) is 43.1 Å². The molecule has 21 heavy (non-hydrogen) atoms. The SMILES string of the molecule is CCCCN(CCCC)c1c(Cl)cccc1CNCCC. The van der Waals surface area contributed by atoms with Crippen LogP contribution in [0.2, 0.25) is 5.02 Å². The lowest BCUT2D eigenvalue weighted by atomic mass is 10.1. The molecule has 0 radical (unpaired) electrons. The van der Waals surface area contributed by atoms with Crippen molar-refractivity contribution in [3.63, 3.8) is 0 Å². The summed E-state index contributed by atoms with van der Waals surface area (Å²) < 4.78 is 0. The predicted molar refractivity (Wildman–Crippen MR) is 95.5 cm³/mol. The first-order chi connectivity index (χ1) is 10.2. The summed E-state index contributed by atoms with van der Waals surface area (Å²) >= 11 is 6.53. The Morgan fingerprint density at radius 3 is 2.24 bits per heavy atom. The van der Waals surface area contributed by atoms with Gasteiger partial charge in [-0.25, -0.2) is 0 Å². The third-order valence-electron chi connectivity index (χ3n) is 3.69. The molecule has 0 saturated carbocycles. The van der Waals surface area contributed by atoms with Crippen molar-refractivity contribution >= 4 is 17.3 Å². The summed E-state index contributed by atoms with van der Waals surface area (Å²) in [4.78, 5) is 2.48. The molecule has 0 saturated heterocycles. The minimum absolute atomic E-state index is 0.887. The van der Waals surface area contributed by atoms with Crippen LogP contribution in [0.25, 0.3) is 0 Å². The minimum atomic E-state index is 0.887. The molecule has 0 aromatic heterocycles. The zero-order chi connectivity index (χ0) is 15.5. The van der Waals surface area contributed by atoms with Gasteiger partial charge >= 0.3 is 0 Å². The molecule has 3 heteroatoms. The van der Waals surface area contributed by atoms with Crippen LogP contribution in [-0.4, -0.2) is 19.6 Å². The van der Waals surface area contributed by atoms with Crippen LogP contribution in [0.3, 0.4) is 0 Å². The van der Waals surface area contributed by atoms with Crippen LogP contribution in [0.4, 0.5) is 5.69 Å². The maximum absolute atomic E-state index is 6.53. The zero-order valence-electron chi connectivity index (χ0n) is 13.9. The molecule has 0 atom stereocenters. The van der Waals surface area contributed by atoms with Crippen LogP contribution in [0.5, 0.6) is 0 Å². The fourth-order valence-corrected chi connectivity index (χ4v) is 2.80. The quantitative estimate of drug-likeness (QED) is 0.562. The molecule has 1 rings (SSSR count). The highest BCUT2D eigenvalue weighted by molar-refractivity contribution is 6.33. The number of nitrogens with zero attached hydrogens (tertiary/aromatic N) is 1. The van der Waals surface area contributed by atoms with Gasteiger partial charge < -0.3 is 10.2 Å². The number of anilines is 1. The molecule has 0 aliphatic heterocycles. The van der Waals surface area contributed by atoms with Crippen LogP contribution in [0.1, 0.15) is 58.4 Å². The summed E-state index contributed by atoms with van der Waals surface area (Å²) in [6.45, 7) is 10.8. The smallest absolute Gasteiger partial charge is 0.0642 e. The monoisotopic (exact) mass is 310 g/mol. The number of hydrogen-bond donors (Lipinski definition) is 1. The van der Waals surface area contributed by atoms with Crippen molar-refractivity contribution in [2.75, 3.05) is 24.5 Å². The first kappa shape index (κ1) is 18.3. The molecule has 0 fully saturated rings. The Morgan fingerprint density at radius 2 is 1.67 bits per heavy atom. The fourth-order valence-electron chi connectivity index (χ4n) is 2.49. The van der Waals surface area contributed by atoms with Gasteiger partial charge in [0.05, 0.1) is 10.7 Å². The molecular weight excluding hydrogens is 280 g/mol. The second kappa shape index (κ2) is 10.9. The van der Waals surface area contributed by atoms with Crippen molar-refractivity contribution in [3.05, 3.63) is 28.8 Å². The predicted octanol–water partition coefficient (Wildman–Crippen LogP) is 5.25. The van der Waals surface area contributed by atoms with Crippen molar-refractivity contribution in [2.24, 2.45) is 0 Å². The van der Waals surface area contributed by atoms with Gasteiger partial charge in [0.2, 0.25) is 0 Å². The van der Waals surface area contributed by atoms with Gasteiger partial charge in [0.25, 0.3) is 0 Å². The van der Waals surface area contributed by atoms with Crippen LogP contribution in [-0.2, 0) is 6.54 Å². The first-order valence-electron chi connectivity index (χ1n) is 8.47. The average Bonchev–Trinajstić information content (AvgIpc) is 2.49. The first-order valence-corrected chi connectivity index (χ1v) is 8.85. The van der Waals surface area contributed by atoms with Crippen LogP contribution < -0.4 is 10.2 Å². The Morgan fingerprint density at radius 1 is 1.00 bits per heavy atom. The lowest BCUT2D eigenvalue weighted by Gasteiger charge is -2.28. The maximum Gasteiger partial charge on any atom is 0.0642 e. The van der Waals surface area contributed by atoms with E-state index < -0.39 is 0 Å². The van der Waals surface area contributed by atoms with E-state index in [4.69, 9.17) is 11.6 Å². The Bertz CT molecular complexity index is 385. The van der Waals surface area contributed by atoms with Crippen molar-refractivity contribution in [1.29, 1.82) is 0 Å². The lowest BCUT2D eigenvalue weighted by molar-refractivity contribution is 0.656. The highest BCUT2D eigenvalue weighted by Crippen LogP contribution is 2.30. The Balaban J connectivity index is 2.91. The van der Waals surface area contributed by atoms with Gasteiger partial charge in [-0.1, -0.05) is 57.3 Å². The highest BCUT2D eigenvalue weighted by atomic mass is 35.5. The summed E-state index contributed by atoms with van der Waals surface area (Å²) in [6, 6.07) is 6.28. The molecular formula is C18H31ClN2. The third kappa shape index (κ3) is 6.27. The average molecular weight is 311 g/mol. The molecule has 2 nitrogen and oxygen atoms in total. The van der Waals surface area contributed by atoms with E-state index in [1.54, 1.807) is 0 Å². The molecule has 0 amide bonds. The maximum atomic E-state index is 6.53. The number of halogens is 1. The van der Waals surface area contributed by atoms with Gasteiger partial charge in [-0.15, -0.1) is 0 Å². The fraction of sp³-hybridized carbons (Fsp3) is 0.667. The third-order valence-corrected chi connectivity index (χ3v) is 4.00. The summed E-state index contributed by atoms with van der Waals surface area (Å²) in [5, 5.41) is 4.39. The number of unbranched alkanes of at least 4 members (excludes halogenated alkanes) is 2. The van der Waals surface area contributed by atoms with Gasteiger partial charge in [-0.05, 0) is 37.4 Å². The van der Waals surface area contributed by atoms with E-state index in [1.165, 1.54) is 36.9 Å². The molecule has 1 aromatic rings. The topological polar surface area (TPSA) is 15.3 Å². The molecule has 0 bridgehead atoms. The molecule has 0 aliphatic carbocycles. The van der Waals surface area contributed by atoms with E-state index in [9.17, 15) is 0 Å². The molecule has 0 unspecified atom stereocenters. The Labute approximate surface area is 135 Å². The molecule has 1 aromatic carbocycles. The van der Waals surface area contributed by atoms with Crippen LogP contribution in [0.15, 0.2) is 18.2 Å². The van der Waals surface area contributed by atoms with E-state index >= 15 is 0 Å². The second-order valence-electron chi connectivity index (χ2n) is 5.62. The van der Waals surface area contributed by atoms with Crippen molar-refractivity contribution in [3.8, 4) is 0 Å². The normalized spacial score (nSPS) is 10.9. The van der Waals surface area contributed by atoms with Crippen LogP contribution >= 0.6 is 11.6 Å². The number of hydrogen-bond acceptors (Lipinski definition) is 2. The largest absolute Gasteiger partial charge is 0.370 e. The molecule has 1 N–H and O–H groups in total. The minimum Gasteiger partial charge on any atom is -0.370 e. The summed E-state index contributed by atoms with van der Waals surface area (Å²) in [6.07, 6.45) is 6.03. The Kier molecular flexibility index (Phi) is 9.53. The second-order valence-corrected chi connectivity index (χ2v) is 6.03. The molecule has 120 valence electrons. The number of benzene rings is 1. The highest BCUT2D eigenvalue weighted by Gasteiger charge is 2.14. The van der Waals surface area contributed by atoms with E-state index in [0.717, 1.165) is 37.6 Å². The van der Waals surface area contributed by atoms with E-state index in [-0.39, 0.29) is 0 Å². The van der Waals surface area contributed by atoms with Crippen molar-refractivity contribution in [2.45, 2.75) is 59.4 Å². The van der Waals surface area contributed by atoms with Crippen molar-refractivity contribution in [1.82, 2.24) is 5.32 Å².